The molecule has 1 aromatic heterocycles. The number of carbonyl (C=O) groups excluding carboxylic acids is 1. The van der Waals surface area contributed by atoms with Crippen molar-refractivity contribution in [3.63, 3.8) is 0 Å². The lowest BCUT2D eigenvalue weighted by Crippen LogP contribution is -2.40. The van der Waals surface area contributed by atoms with E-state index in [4.69, 9.17) is 14.2 Å². The maximum Gasteiger partial charge on any atom is 0.270 e. The van der Waals surface area contributed by atoms with Gasteiger partial charge in [-0.05, 0) is 30.3 Å². The summed E-state index contributed by atoms with van der Waals surface area (Å²) in [5, 5.41) is 11.3. The number of hydrogen-bond donors (Lipinski definition) is 1. The average molecular weight is 387 g/mol. The van der Waals surface area contributed by atoms with Crippen molar-refractivity contribution < 1.29 is 23.4 Å². The number of benzene rings is 2. The SMILES string of the molecule is COc1ccc(-c2nnc(NC(=O)[C@@H]3COc4ccccc4O3)s2)cc1F. The summed E-state index contributed by atoms with van der Waals surface area (Å²) < 4.78 is 29.9. The third-order valence-corrected chi connectivity index (χ3v) is 4.74. The van der Waals surface area contributed by atoms with Crippen LogP contribution >= 0.6 is 11.3 Å². The molecule has 0 saturated carbocycles. The molecule has 0 unspecified atom stereocenters. The first-order valence-corrected chi connectivity index (χ1v) is 8.82. The minimum atomic E-state index is -0.800. The number of aromatic nitrogens is 2. The van der Waals surface area contributed by atoms with E-state index in [-0.39, 0.29) is 17.5 Å². The lowest BCUT2D eigenvalue weighted by molar-refractivity contribution is -0.125. The molecule has 0 spiro atoms. The lowest BCUT2D eigenvalue weighted by atomic mass is 10.2. The smallest absolute Gasteiger partial charge is 0.270 e. The summed E-state index contributed by atoms with van der Waals surface area (Å²) in [5.41, 5.74) is 0.539. The minimum Gasteiger partial charge on any atom is -0.494 e. The zero-order valence-corrected chi connectivity index (χ0v) is 15.0. The van der Waals surface area contributed by atoms with Gasteiger partial charge >= 0.3 is 0 Å². The summed E-state index contributed by atoms with van der Waals surface area (Å²) in [6.07, 6.45) is -0.800. The number of anilines is 1. The first-order chi connectivity index (χ1) is 13.1. The standard InChI is InChI=1S/C18H14FN3O4S/c1-24-12-7-6-10(8-11(12)19)17-21-22-18(27-17)20-16(23)15-9-25-13-4-2-3-5-14(13)26-15/h2-8,15H,9H2,1H3,(H,20,22,23)/t15-/m0/s1. The van der Waals surface area contributed by atoms with E-state index in [1.807, 2.05) is 6.07 Å². The van der Waals surface area contributed by atoms with Gasteiger partial charge in [-0.25, -0.2) is 4.39 Å². The molecule has 0 bridgehead atoms. The van der Waals surface area contributed by atoms with Gasteiger partial charge in [0.2, 0.25) is 11.2 Å². The second kappa shape index (κ2) is 7.20. The lowest BCUT2D eigenvalue weighted by Gasteiger charge is -2.25. The molecular weight excluding hydrogens is 373 g/mol. The molecule has 9 heteroatoms. The predicted octanol–water partition coefficient (Wildman–Crippen LogP) is 3.13. The first-order valence-electron chi connectivity index (χ1n) is 8.01. The Labute approximate surface area is 157 Å². The fourth-order valence-corrected chi connectivity index (χ4v) is 3.27. The maximum absolute atomic E-state index is 13.8. The van der Waals surface area contributed by atoms with Crippen molar-refractivity contribution in [2.45, 2.75) is 6.10 Å². The van der Waals surface area contributed by atoms with Crippen molar-refractivity contribution >= 4 is 22.4 Å². The van der Waals surface area contributed by atoms with Gasteiger partial charge in [-0.2, -0.15) is 0 Å². The van der Waals surface area contributed by atoms with E-state index in [0.717, 1.165) is 11.3 Å². The number of nitrogens with one attached hydrogen (secondary N) is 1. The van der Waals surface area contributed by atoms with Crippen LogP contribution < -0.4 is 19.5 Å². The Kier molecular flexibility index (Phi) is 4.59. The summed E-state index contributed by atoms with van der Waals surface area (Å²) in [6, 6.07) is 11.6. The van der Waals surface area contributed by atoms with Crippen molar-refractivity contribution in [2.75, 3.05) is 19.0 Å². The molecule has 1 atom stereocenters. The summed E-state index contributed by atoms with van der Waals surface area (Å²) >= 11 is 1.13. The van der Waals surface area contributed by atoms with Gasteiger partial charge in [-0.3, -0.25) is 10.1 Å². The summed E-state index contributed by atoms with van der Waals surface area (Å²) in [5.74, 6) is 0.360. The summed E-state index contributed by atoms with van der Waals surface area (Å²) in [6.45, 7) is 0.0954. The number of ether oxygens (including phenoxy) is 3. The van der Waals surface area contributed by atoms with E-state index in [0.29, 0.717) is 22.1 Å². The second-order valence-corrected chi connectivity index (χ2v) is 6.59. The van der Waals surface area contributed by atoms with E-state index < -0.39 is 17.8 Å². The van der Waals surface area contributed by atoms with Gasteiger partial charge < -0.3 is 14.2 Å². The number of hydrogen-bond acceptors (Lipinski definition) is 7. The number of amides is 1. The third kappa shape index (κ3) is 3.54. The monoisotopic (exact) mass is 387 g/mol. The molecule has 4 rings (SSSR count). The largest absolute Gasteiger partial charge is 0.494 e. The molecule has 0 saturated heterocycles. The van der Waals surface area contributed by atoms with E-state index in [1.165, 1.54) is 19.2 Å². The number of carbonyl (C=O) groups is 1. The average Bonchev–Trinajstić information content (AvgIpc) is 3.16. The van der Waals surface area contributed by atoms with Crippen molar-refractivity contribution in [1.82, 2.24) is 10.2 Å². The number of para-hydroxylation sites is 2. The van der Waals surface area contributed by atoms with Crippen LogP contribution in [-0.2, 0) is 4.79 Å². The van der Waals surface area contributed by atoms with Gasteiger partial charge in [-0.1, -0.05) is 23.5 Å². The maximum atomic E-state index is 13.8. The van der Waals surface area contributed by atoms with Crippen LogP contribution in [0.2, 0.25) is 0 Å². The van der Waals surface area contributed by atoms with Crippen LogP contribution in [0.5, 0.6) is 17.2 Å². The quantitative estimate of drug-likeness (QED) is 0.741. The normalized spacial score (nSPS) is 15.3. The highest BCUT2D eigenvalue weighted by molar-refractivity contribution is 7.18. The first kappa shape index (κ1) is 17.2. The Morgan fingerprint density at radius 3 is 2.85 bits per heavy atom. The number of rotatable bonds is 4. The molecule has 1 N–H and O–H groups in total. The van der Waals surface area contributed by atoms with E-state index >= 15 is 0 Å². The van der Waals surface area contributed by atoms with Crippen LogP contribution in [0, 0.1) is 5.82 Å². The van der Waals surface area contributed by atoms with Crippen molar-refractivity contribution in [3.8, 4) is 27.8 Å². The predicted molar refractivity (Wildman–Crippen MR) is 96.8 cm³/mol. The topological polar surface area (TPSA) is 82.6 Å². The zero-order chi connectivity index (χ0) is 18.8. The third-order valence-electron chi connectivity index (χ3n) is 3.85. The second-order valence-electron chi connectivity index (χ2n) is 5.62. The molecule has 0 fully saturated rings. The van der Waals surface area contributed by atoms with Crippen LogP contribution in [0.3, 0.4) is 0 Å². The fraction of sp³-hybridized carbons (Fsp3) is 0.167. The highest BCUT2D eigenvalue weighted by Crippen LogP contribution is 2.32. The van der Waals surface area contributed by atoms with Crippen LogP contribution in [0.15, 0.2) is 42.5 Å². The molecule has 27 heavy (non-hydrogen) atoms. The summed E-state index contributed by atoms with van der Waals surface area (Å²) in [4.78, 5) is 12.4. The summed E-state index contributed by atoms with van der Waals surface area (Å²) in [7, 11) is 1.39. The van der Waals surface area contributed by atoms with Gasteiger partial charge in [0, 0.05) is 5.56 Å². The van der Waals surface area contributed by atoms with Gasteiger partial charge in [0.15, 0.2) is 23.1 Å². The number of methoxy groups -OCH3 is 1. The fourth-order valence-electron chi connectivity index (χ4n) is 2.52. The minimum absolute atomic E-state index is 0.0954. The Balaban J connectivity index is 1.45. The van der Waals surface area contributed by atoms with Crippen LogP contribution in [0.4, 0.5) is 9.52 Å². The van der Waals surface area contributed by atoms with Crippen LogP contribution in [0.25, 0.3) is 10.6 Å². The molecule has 7 nitrogen and oxygen atoms in total. The molecule has 1 amide bonds. The molecule has 1 aliphatic rings. The number of fused-ring (bicyclic) bond motifs is 1. The Hall–Kier alpha value is -3.20. The van der Waals surface area contributed by atoms with Crippen LogP contribution in [0.1, 0.15) is 0 Å². The molecular formula is C18H14FN3O4S. The highest BCUT2D eigenvalue weighted by atomic mass is 32.1. The van der Waals surface area contributed by atoms with Crippen molar-refractivity contribution in [2.24, 2.45) is 0 Å². The van der Waals surface area contributed by atoms with Crippen molar-refractivity contribution in [1.29, 1.82) is 0 Å². The molecule has 2 heterocycles. The zero-order valence-electron chi connectivity index (χ0n) is 14.1. The Morgan fingerprint density at radius 1 is 1.26 bits per heavy atom. The number of halogens is 1. The Bertz CT molecular complexity index is 994. The molecule has 3 aromatic rings. The van der Waals surface area contributed by atoms with Gasteiger partial charge in [0.05, 0.1) is 7.11 Å². The highest BCUT2D eigenvalue weighted by Gasteiger charge is 2.28. The van der Waals surface area contributed by atoms with Gasteiger partial charge in [0.1, 0.15) is 11.6 Å². The van der Waals surface area contributed by atoms with Crippen molar-refractivity contribution in [3.05, 3.63) is 48.3 Å². The molecule has 0 aliphatic carbocycles. The van der Waals surface area contributed by atoms with Crippen LogP contribution in [-0.4, -0.2) is 35.9 Å². The number of nitrogens with zero attached hydrogens (tertiary/aromatic N) is 2. The van der Waals surface area contributed by atoms with E-state index in [9.17, 15) is 9.18 Å². The molecule has 138 valence electrons. The molecule has 2 aromatic carbocycles. The van der Waals surface area contributed by atoms with Gasteiger partial charge in [-0.15, -0.1) is 10.2 Å². The Morgan fingerprint density at radius 2 is 2.07 bits per heavy atom. The van der Waals surface area contributed by atoms with E-state index in [2.05, 4.69) is 15.5 Å². The molecule has 1 aliphatic heterocycles. The van der Waals surface area contributed by atoms with E-state index in [1.54, 1.807) is 24.3 Å². The van der Waals surface area contributed by atoms with Gasteiger partial charge in [0.25, 0.3) is 5.91 Å². The molecule has 0 radical (unpaired) electrons.